The fourth-order valence-electron chi connectivity index (χ4n) is 2.85. The van der Waals surface area contributed by atoms with E-state index >= 15 is 0 Å². The minimum atomic E-state index is 0.214. The third-order valence-electron chi connectivity index (χ3n) is 4.18. The topological polar surface area (TPSA) is 60.0 Å². The number of rotatable bonds is 7. The molecule has 3 rings (SSSR count). The Balaban J connectivity index is 1.81. The van der Waals surface area contributed by atoms with Crippen molar-refractivity contribution in [2.45, 2.75) is 38.4 Å². The molecule has 21 heavy (non-hydrogen) atoms. The maximum Gasteiger partial charge on any atom is 0.0951 e. The third-order valence-corrected chi connectivity index (χ3v) is 4.18. The van der Waals surface area contributed by atoms with Crippen molar-refractivity contribution in [2.24, 2.45) is 5.73 Å². The highest BCUT2D eigenvalue weighted by Gasteiger charge is 2.29. The number of hydrogen-bond donors (Lipinski definition) is 1. The third kappa shape index (κ3) is 3.14. The molecule has 5 nitrogen and oxygen atoms in total. The zero-order valence-electron chi connectivity index (χ0n) is 12.5. The lowest BCUT2D eigenvalue weighted by Gasteiger charge is -2.30. The van der Waals surface area contributed by atoms with Gasteiger partial charge in [-0.3, -0.25) is 9.88 Å². The number of aromatic nitrogens is 3. The lowest BCUT2D eigenvalue weighted by atomic mass is 10.1. The van der Waals surface area contributed by atoms with E-state index in [0.29, 0.717) is 12.6 Å². The molecule has 0 bridgehead atoms. The first kappa shape index (κ1) is 14.2. The molecule has 0 saturated heterocycles. The molecule has 2 aromatic rings. The van der Waals surface area contributed by atoms with Gasteiger partial charge >= 0.3 is 0 Å². The van der Waals surface area contributed by atoms with Gasteiger partial charge in [-0.05, 0) is 37.1 Å². The minimum Gasteiger partial charge on any atom is -0.330 e. The van der Waals surface area contributed by atoms with Crippen LogP contribution in [0.3, 0.4) is 0 Å². The van der Waals surface area contributed by atoms with Gasteiger partial charge in [0.25, 0.3) is 0 Å². The molecule has 1 aliphatic carbocycles. The van der Waals surface area contributed by atoms with E-state index in [9.17, 15) is 0 Å². The van der Waals surface area contributed by atoms with Crippen LogP contribution < -0.4 is 5.73 Å². The summed E-state index contributed by atoms with van der Waals surface area (Å²) in [5, 5.41) is 0. The summed E-state index contributed by atoms with van der Waals surface area (Å²) in [5.41, 5.74) is 8.60. The Bertz CT molecular complexity index is 561. The van der Waals surface area contributed by atoms with Crippen molar-refractivity contribution in [3.63, 3.8) is 0 Å². The second kappa shape index (κ2) is 6.37. The molecule has 5 heteroatoms. The highest BCUT2D eigenvalue weighted by atomic mass is 15.2. The van der Waals surface area contributed by atoms with Crippen LogP contribution in [0.4, 0.5) is 0 Å². The fourth-order valence-corrected chi connectivity index (χ4v) is 2.85. The average Bonchev–Trinajstić information content (AvgIpc) is 3.26. The summed E-state index contributed by atoms with van der Waals surface area (Å²) in [6.45, 7) is 4.63. The van der Waals surface area contributed by atoms with Crippen molar-refractivity contribution in [3.8, 4) is 0 Å². The molecule has 1 unspecified atom stereocenters. The molecular weight excluding hydrogens is 262 g/mol. The van der Waals surface area contributed by atoms with E-state index in [4.69, 9.17) is 5.73 Å². The Labute approximate surface area is 125 Å². The van der Waals surface area contributed by atoms with Gasteiger partial charge in [-0.1, -0.05) is 6.92 Å². The second-order valence-corrected chi connectivity index (χ2v) is 5.63. The Hall–Kier alpha value is -1.72. The molecule has 2 N–H and O–H groups in total. The Morgan fingerprint density at radius 1 is 1.33 bits per heavy atom. The summed E-state index contributed by atoms with van der Waals surface area (Å²) in [6, 6.07) is 4.98. The molecule has 0 aliphatic heterocycles. The first-order valence-corrected chi connectivity index (χ1v) is 7.68. The van der Waals surface area contributed by atoms with Gasteiger partial charge in [-0.15, -0.1) is 0 Å². The van der Waals surface area contributed by atoms with Crippen LogP contribution in [0.2, 0.25) is 0 Å². The normalized spacial score (nSPS) is 16.3. The van der Waals surface area contributed by atoms with Gasteiger partial charge in [-0.25, -0.2) is 4.98 Å². The minimum absolute atomic E-state index is 0.214. The van der Waals surface area contributed by atoms with Crippen molar-refractivity contribution < 1.29 is 0 Å². The van der Waals surface area contributed by atoms with E-state index in [1.165, 1.54) is 24.1 Å². The Morgan fingerprint density at radius 3 is 2.71 bits per heavy atom. The number of nitrogens with zero attached hydrogens (tertiary/aromatic N) is 4. The summed E-state index contributed by atoms with van der Waals surface area (Å²) in [4.78, 5) is 10.8. The van der Waals surface area contributed by atoms with E-state index in [1.54, 1.807) is 0 Å². The zero-order valence-corrected chi connectivity index (χ0v) is 12.5. The van der Waals surface area contributed by atoms with Crippen LogP contribution in [0.1, 0.15) is 43.1 Å². The van der Waals surface area contributed by atoms with Crippen molar-refractivity contribution in [2.75, 3.05) is 13.1 Å². The molecule has 2 aromatic heterocycles. The van der Waals surface area contributed by atoms with Gasteiger partial charge in [0.15, 0.2) is 0 Å². The summed E-state index contributed by atoms with van der Waals surface area (Å²) in [7, 11) is 0. The van der Waals surface area contributed by atoms with Gasteiger partial charge in [0.05, 0.1) is 18.1 Å². The molecule has 0 aromatic carbocycles. The highest BCUT2D eigenvalue weighted by molar-refractivity contribution is 5.13. The number of likely N-dealkylation sites (N-methyl/N-ethyl adjacent to an activating group) is 1. The molecule has 2 heterocycles. The van der Waals surface area contributed by atoms with Crippen LogP contribution in [-0.4, -0.2) is 32.5 Å². The monoisotopic (exact) mass is 285 g/mol. The van der Waals surface area contributed by atoms with E-state index < -0.39 is 0 Å². The first-order valence-electron chi connectivity index (χ1n) is 7.68. The molecule has 1 fully saturated rings. The van der Waals surface area contributed by atoms with E-state index in [1.807, 2.05) is 24.9 Å². The van der Waals surface area contributed by atoms with Gasteiger partial charge < -0.3 is 10.3 Å². The maximum atomic E-state index is 6.09. The van der Waals surface area contributed by atoms with Gasteiger partial charge in [0, 0.05) is 37.7 Å². The molecule has 0 amide bonds. The molecule has 1 saturated carbocycles. The largest absolute Gasteiger partial charge is 0.330 e. The first-order chi connectivity index (χ1) is 10.3. The van der Waals surface area contributed by atoms with Gasteiger partial charge in [0.1, 0.15) is 0 Å². The van der Waals surface area contributed by atoms with Crippen LogP contribution in [0.15, 0.2) is 37.1 Å². The predicted octanol–water partition coefficient (Wildman–Crippen LogP) is 2.13. The smallest absolute Gasteiger partial charge is 0.0951 e. The Kier molecular flexibility index (Phi) is 4.31. The van der Waals surface area contributed by atoms with E-state index in [2.05, 4.69) is 38.5 Å². The van der Waals surface area contributed by atoms with Crippen LogP contribution in [0.25, 0.3) is 0 Å². The molecular formula is C16H23N5. The van der Waals surface area contributed by atoms with Crippen molar-refractivity contribution in [3.05, 3.63) is 48.3 Å². The van der Waals surface area contributed by atoms with Crippen LogP contribution >= 0.6 is 0 Å². The van der Waals surface area contributed by atoms with Gasteiger partial charge in [-0.2, -0.15) is 0 Å². The summed E-state index contributed by atoms with van der Waals surface area (Å²) in [6.07, 6.45) is 10.1. The van der Waals surface area contributed by atoms with Crippen molar-refractivity contribution >= 4 is 0 Å². The summed E-state index contributed by atoms with van der Waals surface area (Å²) >= 11 is 0. The molecule has 0 radical (unpaired) electrons. The second-order valence-electron chi connectivity index (χ2n) is 5.63. The molecule has 0 spiro atoms. The summed E-state index contributed by atoms with van der Waals surface area (Å²) < 4.78 is 2.31. The van der Waals surface area contributed by atoms with Crippen LogP contribution in [0, 0.1) is 0 Å². The number of imidazole rings is 1. The SMILES string of the molecule is CCN(Cc1ccncc1)C(CN)c1cncn1C1CC1. The average molecular weight is 285 g/mol. The summed E-state index contributed by atoms with van der Waals surface area (Å²) in [5.74, 6) is 0. The van der Waals surface area contributed by atoms with Gasteiger partial charge in [0.2, 0.25) is 0 Å². The molecule has 112 valence electrons. The van der Waals surface area contributed by atoms with Crippen LogP contribution in [-0.2, 0) is 6.54 Å². The molecule has 1 aliphatic rings. The lowest BCUT2D eigenvalue weighted by Crippen LogP contribution is -2.34. The fraction of sp³-hybridized carbons (Fsp3) is 0.500. The predicted molar refractivity (Wildman–Crippen MR) is 82.6 cm³/mol. The number of hydrogen-bond acceptors (Lipinski definition) is 4. The zero-order chi connectivity index (χ0) is 14.7. The van der Waals surface area contributed by atoms with Crippen LogP contribution in [0.5, 0.6) is 0 Å². The Morgan fingerprint density at radius 2 is 2.10 bits per heavy atom. The van der Waals surface area contributed by atoms with E-state index in [0.717, 1.165) is 13.1 Å². The quantitative estimate of drug-likeness (QED) is 0.846. The number of nitrogens with two attached hydrogens (primary N) is 1. The standard InChI is InChI=1S/C16H23N5/c1-2-20(11-13-5-7-18-8-6-13)15(9-17)16-10-19-12-21(16)14-3-4-14/h5-8,10,12,14-15H,2-4,9,11,17H2,1H3. The highest BCUT2D eigenvalue weighted by Crippen LogP contribution is 2.37. The molecule has 1 atom stereocenters. The van der Waals surface area contributed by atoms with Crippen molar-refractivity contribution in [1.29, 1.82) is 0 Å². The maximum absolute atomic E-state index is 6.09. The van der Waals surface area contributed by atoms with Crippen molar-refractivity contribution in [1.82, 2.24) is 19.4 Å². The number of pyridine rings is 1. The lowest BCUT2D eigenvalue weighted by molar-refractivity contribution is 0.195. The van der Waals surface area contributed by atoms with E-state index in [-0.39, 0.29) is 6.04 Å².